The molecule has 2 saturated heterocycles. The van der Waals surface area contributed by atoms with Crippen LogP contribution in [-0.4, -0.2) is 60.4 Å². The number of aromatic nitrogens is 2. The van der Waals surface area contributed by atoms with Crippen LogP contribution in [0.2, 0.25) is 0 Å². The number of likely N-dealkylation sites (tertiary alicyclic amines) is 1. The van der Waals surface area contributed by atoms with Crippen molar-refractivity contribution in [3.63, 3.8) is 0 Å². The van der Waals surface area contributed by atoms with Crippen LogP contribution >= 0.6 is 11.3 Å². The number of anilines is 1. The number of morpholine rings is 1. The van der Waals surface area contributed by atoms with Crippen molar-refractivity contribution in [2.24, 2.45) is 0 Å². The van der Waals surface area contributed by atoms with E-state index in [1.165, 1.54) is 11.3 Å². The predicted molar refractivity (Wildman–Crippen MR) is 102 cm³/mol. The summed E-state index contributed by atoms with van der Waals surface area (Å²) in [7, 11) is 0. The molecular weight excluding hydrogens is 348 g/mol. The van der Waals surface area contributed by atoms with Gasteiger partial charge in [0.25, 0.3) is 0 Å². The maximum Gasteiger partial charge on any atom is 0.185 e. The fraction of sp³-hybridized carbons (Fsp3) is 0.579. The second-order valence-electron chi connectivity index (χ2n) is 6.88. The summed E-state index contributed by atoms with van der Waals surface area (Å²) in [5.41, 5.74) is 1.14. The van der Waals surface area contributed by atoms with Crippen LogP contribution < -0.4 is 4.90 Å². The smallest absolute Gasteiger partial charge is 0.185 e. The number of rotatable bonds is 6. The van der Waals surface area contributed by atoms with E-state index in [1.54, 1.807) is 6.20 Å². The second-order valence-corrected chi connectivity index (χ2v) is 7.97. The van der Waals surface area contributed by atoms with E-state index in [-0.39, 0.29) is 0 Å². The SMILES string of the molecule is c1cncc(COC2CCCN(Cc3cnc(N4CCOCC4)s3)C2)c1. The molecular formula is C19H26N4O2S. The maximum absolute atomic E-state index is 6.12. The number of hydrogen-bond donors (Lipinski definition) is 0. The van der Waals surface area contributed by atoms with Crippen LogP contribution in [0.4, 0.5) is 5.13 Å². The van der Waals surface area contributed by atoms with Gasteiger partial charge in [0.2, 0.25) is 0 Å². The van der Waals surface area contributed by atoms with E-state index in [2.05, 4.69) is 25.8 Å². The Balaban J connectivity index is 1.27. The second kappa shape index (κ2) is 8.90. The molecule has 0 radical (unpaired) electrons. The molecule has 2 aliphatic rings. The summed E-state index contributed by atoms with van der Waals surface area (Å²) in [6.45, 7) is 7.24. The molecule has 2 aromatic heterocycles. The van der Waals surface area contributed by atoms with Gasteiger partial charge in [0.15, 0.2) is 5.13 Å². The molecule has 0 bridgehead atoms. The van der Waals surface area contributed by atoms with Gasteiger partial charge >= 0.3 is 0 Å². The Morgan fingerprint density at radius 2 is 2.15 bits per heavy atom. The normalized spacial score (nSPS) is 21.8. The van der Waals surface area contributed by atoms with Gasteiger partial charge in [-0.1, -0.05) is 6.07 Å². The van der Waals surface area contributed by atoms with Crippen molar-refractivity contribution in [1.29, 1.82) is 0 Å². The molecule has 0 saturated carbocycles. The standard InChI is InChI=1S/C19H26N4O2S/c1-3-16(11-20-5-1)15-25-17-4-2-6-22(13-17)14-18-12-21-19(26-18)23-7-9-24-10-8-23/h1,3,5,11-12,17H,2,4,6-10,13-15H2. The Bertz CT molecular complexity index is 675. The van der Waals surface area contributed by atoms with Crippen molar-refractivity contribution in [3.8, 4) is 0 Å². The third-order valence-electron chi connectivity index (χ3n) is 4.87. The summed E-state index contributed by atoms with van der Waals surface area (Å²) in [6.07, 6.45) is 8.34. The summed E-state index contributed by atoms with van der Waals surface area (Å²) in [5.74, 6) is 0. The van der Waals surface area contributed by atoms with Crippen LogP contribution in [-0.2, 0) is 22.6 Å². The first-order valence-corrected chi connectivity index (χ1v) is 10.2. The molecule has 7 heteroatoms. The molecule has 140 valence electrons. The zero-order chi connectivity index (χ0) is 17.6. The maximum atomic E-state index is 6.12. The first-order chi connectivity index (χ1) is 12.9. The Hall–Kier alpha value is -1.54. The number of pyridine rings is 1. The van der Waals surface area contributed by atoms with Crippen LogP contribution in [0, 0.1) is 0 Å². The molecule has 4 rings (SSSR count). The summed E-state index contributed by atoms with van der Waals surface area (Å²) in [5, 5.41) is 1.13. The molecule has 0 aromatic carbocycles. The summed E-state index contributed by atoms with van der Waals surface area (Å²) in [4.78, 5) is 14.9. The molecule has 0 aliphatic carbocycles. The Morgan fingerprint density at radius 1 is 1.23 bits per heavy atom. The number of piperidine rings is 1. The fourth-order valence-corrected chi connectivity index (χ4v) is 4.49. The van der Waals surface area contributed by atoms with E-state index < -0.39 is 0 Å². The summed E-state index contributed by atoms with van der Waals surface area (Å²) in [6, 6.07) is 4.03. The summed E-state index contributed by atoms with van der Waals surface area (Å²) >= 11 is 1.81. The number of hydrogen-bond acceptors (Lipinski definition) is 7. The zero-order valence-electron chi connectivity index (χ0n) is 15.0. The van der Waals surface area contributed by atoms with E-state index in [4.69, 9.17) is 9.47 Å². The molecule has 26 heavy (non-hydrogen) atoms. The minimum atomic E-state index is 0.301. The van der Waals surface area contributed by atoms with Crippen LogP contribution in [0.3, 0.4) is 0 Å². The lowest BCUT2D eigenvalue weighted by atomic mass is 10.1. The van der Waals surface area contributed by atoms with Gasteiger partial charge in [-0.3, -0.25) is 9.88 Å². The molecule has 0 spiro atoms. The summed E-state index contributed by atoms with van der Waals surface area (Å²) < 4.78 is 11.5. The molecule has 2 aromatic rings. The Labute approximate surface area is 158 Å². The molecule has 4 heterocycles. The van der Waals surface area contributed by atoms with Crippen LogP contribution in [0.15, 0.2) is 30.7 Å². The van der Waals surface area contributed by atoms with Crippen LogP contribution in [0.5, 0.6) is 0 Å². The van der Waals surface area contributed by atoms with Gasteiger partial charge in [-0.15, -0.1) is 11.3 Å². The van der Waals surface area contributed by atoms with Crippen molar-refractivity contribution >= 4 is 16.5 Å². The first kappa shape index (κ1) is 17.9. The van der Waals surface area contributed by atoms with Crippen molar-refractivity contribution < 1.29 is 9.47 Å². The lowest BCUT2D eigenvalue weighted by Gasteiger charge is -2.32. The monoisotopic (exact) mass is 374 g/mol. The van der Waals surface area contributed by atoms with Crippen molar-refractivity contribution in [3.05, 3.63) is 41.2 Å². The molecule has 1 unspecified atom stereocenters. The van der Waals surface area contributed by atoms with E-state index in [0.717, 1.165) is 63.1 Å². The zero-order valence-corrected chi connectivity index (χ0v) is 15.9. The van der Waals surface area contributed by atoms with Crippen molar-refractivity contribution in [1.82, 2.24) is 14.9 Å². The van der Waals surface area contributed by atoms with Crippen LogP contribution in [0.25, 0.3) is 0 Å². The van der Waals surface area contributed by atoms with E-state index in [9.17, 15) is 0 Å². The number of nitrogens with zero attached hydrogens (tertiary/aromatic N) is 4. The third kappa shape index (κ3) is 4.79. The fourth-order valence-electron chi connectivity index (χ4n) is 3.48. The predicted octanol–water partition coefficient (Wildman–Crippen LogP) is 2.56. The lowest BCUT2D eigenvalue weighted by molar-refractivity contribution is -0.0119. The quantitative estimate of drug-likeness (QED) is 0.775. The highest BCUT2D eigenvalue weighted by molar-refractivity contribution is 7.15. The van der Waals surface area contributed by atoms with E-state index in [0.29, 0.717) is 12.7 Å². The number of thiazole rings is 1. The molecule has 2 fully saturated rings. The Morgan fingerprint density at radius 3 is 3.00 bits per heavy atom. The third-order valence-corrected chi connectivity index (χ3v) is 5.92. The molecule has 2 aliphatic heterocycles. The first-order valence-electron chi connectivity index (χ1n) is 9.37. The van der Waals surface area contributed by atoms with Gasteiger partial charge < -0.3 is 14.4 Å². The lowest BCUT2D eigenvalue weighted by Crippen LogP contribution is -2.39. The van der Waals surface area contributed by atoms with Gasteiger partial charge in [0.1, 0.15) is 0 Å². The minimum Gasteiger partial charge on any atom is -0.378 e. The van der Waals surface area contributed by atoms with Crippen molar-refractivity contribution in [2.75, 3.05) is 44.3 Å². The molecule has 1 atom stereocenters. The van der Waals surface area contributed by atoms with Crippen molar-refractivity contribution in [2.45, 2.75) is 32.1 Å². The van der Waals surface area contributed by atoms with E-state index in [1.807, 2.05) is 29.8 Å². The van der Waals surface area contributed by atoms with Crippen LogP contribution in [0.1, 0.15) is 23.3 Å². The molecule has 6 nitrogen and oxygen atoms in total. The highest BCUT2D eigenvalue weighted by atomic mass is 32.1. The largest absolute Gasteiger partial charge is 0.378 e. The highest BCUT2D eigenvalue weighted by Crippen LogP contribution is 2.26. The molecule has 0 amide bonds. The highest BCUT2D eigenvalue weighted by Gasteiger charge is 2.22. The number of ether oxygens (including phenoxy) is 2. The average Bonchev–Trinajstić information content (AvgIpc) is 3.17. The van der Waals surface area contributed by atoms with E-state index >= 15 is 0 Å². The van der Waals surface area contributed by atoms with Gasteiger partial charge in [-0.05, 0) is 31.0 Å². The minimum absolute atomic E-state index is 0.301. The van der Waals surface area contributed by atoms with Gasteiger partial charge in [0.05, 0.1) is 25.9 Å². The Kier molecular flexibility index (Phi) is 6.11. The topological polar surface area (TPSA) is 50.7 Å². The van der Waals surface area contributed by atoms with Gasteiger partial charge in [0, 0.05) is 49.6 Å². The average molecular weight is 375 g/mol. The van der Waals surface area contributed by atoms with Gasteiger partial charge in [-0.2, -0.15) is 0 Å². The van der Waals surface area contributed by atoms with Gasteiger partial charge in [-0.25, -0.2) is 4.98 Å². The molecule has 0 N–H and O–H groups in total.